The molecule has 9 heteroatoms. The average molecular weight is 436 g/mol. The Morgan fingerprint density at radius 2 is 1.90 bits per heavy atom. The van der Waals surface area contributed by atoms with Crippen molar-refractivity contribution in [2.24, 2.45) is 4.99 Å². The Balaban J connectivity index is 1.35. The molecule has 0 amide bonds. The Kier molecular flexibility index (Phi) is 8.05. The lowest BCUT2D eigenvalue weighted by Gasteiger charge is -2.33. The number of hydrogen-bond acceptors (Lipinski definition) is 5. The molecule has 1 aromatic carbocycles. The number of nitrogens with zero attached hydrogens (tertiary/aromatic N) is 2. The molecule has 1 aliphatic rings. The maximum Gasteiger partial charge on any atom is 0.250 e. The molecule has 2 heterocycles. The molecule has 158 valence electrons. The number of sulfonamides is 1. The molecule has 3 rings (SSSR count). The smallest absolute Gasteiger partial charge is 0.250 e. The van der Waals surface area contributed by atoms with E-state index in [-0.39, 0.29) is 0 Å². The van der Waals surface area contributed by atoms with Gasteiger partial charge in [0, 0.05) is 45.8 Å². The first-order valence-electron chi connectivity index (χ1n) is 9.83. The first kappa shape index (κ1) is 21.8. The van der Waals surface area contributed by atoms with Crippen LogP contribution in [0.4, 0.5) is 0 Å². The molecule has 1 aromatic heterocycles. The zero-order valence-corrected chi connectivity index (χ0v) is 18.3. The van der Waals surface area contributed by atoms with Gasteiger partial charge in [0.15, 0.2) is 5.96 Å². The second-order valence-electron chi connectivity index (χ2n) is 7.01. The number of aliphatic imine (C=N–C) groups is 1. The molecular formula is C20H29N5O2S2. The minimum absolute atomic E-state index is 0.302. The highest BCUT2D eigenvalue weighted by Gasteiger charge is 2.20. The molecule has 1 fully saturated rings. The summed E-state index contributed by atoms with van der Waals surface area (Å²) >= 11 is 1.21. The molecule has 0 unspecified atom stereocenters. The van der Waals surface area contributed by atoms with Gasteiger partial charge in [0.05, 0.1) is 0 Å². The van der Waals surface area contributed by atoms with Crippen molar-refractivity contribution in [1.29, 1.82) is 0 Å². The van der Waals surface area contributed by atoms with Crippen LogP contribution in [0.2, 0.25) is 0 Å². The van der Waals surface area contributed by atoms with Gasteiger partial charge >= 0.3 is 0 Å². The van der Waals surface area contributed by atoms with Gasteiger partial charge in [0.1, 0.15) is 4.21 Å². The minimum Gasteiger partial charge on any atom is -0.355 e. The summed E-state index contributed by atoms with van der Waals surface area (Å²) in [6, 6.07) is 14.3. The van der Waals surface area contributed by atoms with Crippen molar-refractivity contribution in [3.63, 3.8) is 0 Å². The topological polar surface area (TPSA) is 85.8 Å². The largest absolute Gasteiger partial charge is 0.355 e. The highest BCUT2D eigenvalue weighted by molar-refractivity contribution is 7.91. The Morgan fingerprint density at radius 1 is 1.14 bits per heavy atom. The van der Waals surface area contributed by atoms with E-state index in [0.717, 1.165) is 32.5 Å². The first-order valence-corrected chi connectivity index (χ1v) is 12.2. The lowest BCUT2D eigenvalue weighted by molar-refractivity contribution is 0.198. The predicted octanol–water partition coefficient (Wildman–Crippen LogP) is 1.86. The van der Waals surface area contributed by atoms with Gasteiger partial charge in [-0.2, -0.15) is 0 Å². The van der Waals surface area contributed by atoms with Crippen LogP contribution in [-0.2, 0) is 16.6 Å². The van der Waals surface area contributed by atoms with Crippen molar-refractivity contribution in [2.75, 3.05) is 33.2 Å². The SMILES string of the molecule is CN=C(NCCNS(=O)(=O)c1cccs1)NC1CCN(Cc2ccccc2)CC1. The number of thiophene rings is 1. The van der Waals surface area contributed by atoms with Crippen LogP contribution in [0.1, 0.15) is 18.4 Å². The molecule has 7 nitrogen and oxygen atoms in total. The van der Waals surface area contributed by atoms with Crippen LogP contribution < -0.4 is 15.4 Å². The van der Waals surface area contributed by atoms with Gasteiger partial charge in [-0.15, -0.1) is 11.3 Å². The molecule has 29 heavy (non-hydrogen) atoms. The molecule has 3 N–H and O–H groups in total. The van der Waals surface area contributed by atoms with E-state index in [1.54, 1.807) is 24.6 Å². The third kappa shape index (κ3) is 6.81. The van der Waals surface area contributed by atoms with Crippen LogP contribution >= 0.6 is 11.3 Å². The van der Waals surface area contributed by atoms with Gasteiger partial charge in [0.25, 0.3) is 0 Å². The number of hydrogen-bond donors (Lipinski definition) is 3. The molecular weight excluding hydrogens is 406 g/mol. The summed E-state index contributed by atoms with van der Waals surface area (Å²) in [4.78, 5) is 6.73. The molecule has 0 saturated carbocycles. The fraction of sp³-hybridized carbons (Fsp3) is 0.450. The summed E-state index contributed by atoms with van der Waals surface area (Å²) in [6.45, 7) is 3.85. The first-order chi connectivity index (χ1) is 14.1. The van der Waals surface area contributed by atoms with E-state index in [4.69, 9.17) is 0 Å². The molecule has 1 aliphatic heterocycles. The average Bonchev–Trinajstić information content (AvgIpc) is 3.28. The van der Waals surface area contributed by atoms with Gasteiger partial charge in [-0.05, 0) is 29.9 Å². The Labute approximate surface area is 177 Å². The van der Waals surface area contributed by atoms with E-state index in [1.165, 1.54) is 16.9 Å². The maximum absolute atomic E-state index is 12.1. The monoisotopic (exact) mass is 435 g/mol. The van der Waals surface area contributed by atoms with Crippen molar-refractivity contribution in [1.82, 2.24) is 20.3 Å². The number of likely N-dealkylation sites (tertiary alicyclic amines) is 1. The normalized spacial score (nSPS) is 16.7. The van der Waals surface area contributed by atoms with E-state index < -0.39 is 10.0 Å². The number of guanidine groups is 1. The van der Waals surface area contributed by atoms with Crippen molar-refractivity contribution in [3.05, 3.63) is 53.4 Å². The van der Waals surface area contributed by atoms with Crippen LogP contribution in [0.3, 0.4) is 0 Å². The summed E-state index contributed by atoms with van der Waals surface area (Å²) in [6.07, 6.45) is 2.11. The second kappa shape index (κ2) is 10.7. The molecule has 0 spiro atoms. The van der Waals surface area contributed by atoms with Gasteiger partial charge in [-0.3, -0.25) is 9.89 Å². The molecule has 1 saturated heterocycles. The van der Waals surface area contributed by atoms with E-state index in [9.17, 15) is 8.42 Å². The van der Waals surface area contributed by atoms with E-state index in [2.05, 4.69) is 49.5 Å². The lowest BCUT2D eigenvalue weighted by Crippen LogP contribution is -2.49. The summed E-state index contributed by atoms with van der Waals surface area (Å²) in [5, 5.41) is 8.39. The van der Waals surface area contributed by atoms with E-state index >= 15 is 0 Å². The van der Waals surface area contributed by atoms with Gasteiger partial charge in [-0.25, -0.2) is 13.1 Å². The van der Waals surface area contributed by atoms with E-state index in [1.807, 2.05) is 6.07 Å². The van der Waals surface area contributed by atoms with Gasteiger partial charge in [0.2, 0.25) is 10.0 Å². The third-order valence-corrected chi connectivity index (χ3v) is 7.73. The van der Waals surface area contributed by atoms with Crippen molar-refractivity contribution < 1.29 is 8.42 Å². The fourth-order valence-corrected chi connectivity index (χ4v) is 5.39. The number of piperidine rings is 1. The number of nitrogens with one attached hydrogen (secondary N) is 3. The number of benzene rings is 1. The van der Waals surface area contributed by atoms with E-state index in [0.29, 0.717) is 29.3 Å². The van der Waals surface area contributed by atoms with Crippen LogP contribution in [0.15, 0.2) is 57.0 Å². The van der Waals surface area contributed by atoms with Crippen LogP contribution in [0.5, 0.6) is 0 Å². The van der Waals surface area contributed by atoms with Gasteiger partial charge < -0.3 is 10.6 Å². The zero-order valence-electron chi connectivity index (χ0n) is 16.7. The van der Waals surface area contributed by atoms with Crippen molar-refractivity contribution in [3.8, 4) is 0 Å². The second-order valence-corrected chi connectivity index (χ2v) is 9.95. The summed E-state index contributed by atoms with van der Waals surface area (Å²) in [7, 11) is -1.69. The Morgan fingerprint density at radius 3 is 2.55 bits per heavy atom. The van der Waals surface area contributed by atoms with Gasteiger partial charge in [-0.1, -0.05) is 36.4 Å². The summed E-state index contributed by atoms with van der Waals surface area (Å²) < 4.78 is 27.2. The zero-order chi connectivity index (χ0) is 20.5. The summed E-state index contributed by atoms with van der Waals surface area (Å²) in [5.74, 6) is 0.710. The molecule has 0 aliphatic carbocycles. The standard InChI is InChI=1S/C20H29N5O2S2/c1-21-20(22-11-12-23-29(26,27)19-8-5-15-28-19)24-18-9-13-25(14-10-18)16-17-6-3-2-4-7-17/h2-8,15,18,23H,9-14,16H2,1H3,(H2,21,22,24). The highest BCUT2D eigenvalue weighted by Crippen LogP contribution is 2.15. The minimum atomic E-state index is -3.42. The summed E-state index contributed by atoms with van der Waals surface area (Å²) in [5.41, 5.74) is 1.35. The molecule has 0 bridgehead atoms. The molecule has 0 atom stereocenters. The Hall–Kier alpha value is -1.94. The number of rotatable bonds is 8. The van der Waals surface area contributed by atoms with Crippen LogP contribution in [0.25, 0.3) is 0 Å². The van der Waals surface area contributed by atoms with Crippen LogP contribution in [-0.4, -0.2) is 58.5 Å². The maximum atomic E-state index is 12.1. The Bertz CT molecular complexity index is 862. The predicted molar refractivity (Wildman–Crippen MR) is 119 cm³/mol. The lowest BCUT2D eigenvalue weighted by atomic mass is 10.0. The fourth-order valence-electron chi connectivity index (χ4n) is 3.32. The molecule has 2 aromatic rings. The van der Waals surface area contributed by atoms with Crippen molar-refractivity contribution in [2.45, 2.75) is 29.6 Å². The molecule has 0 radical (unpaired) electrons. The quantitative estimate of drug-likeness (QED) is 0.335. The van der Waals surface area contributed by atoms with Crippen molar-refractivity contribution >= 4 is 27.3 Å². The third-order valence-electron chi connectivity index (χ3n) is 4.87. The highest BCUT2D eigenvalue weighted by atomic mass is 32.2. The van der Waals surface area contributed by atoms with Crippen LogP contribution in [0, 0.1) is 0 Å².